The summed E-state index contributed by atoms with van der Waals surface area (Å²) in [5.41, 5.74) is 2.02. The molecule has 0 fully saturated rings. The van der Waals surface area contributed by atoms with Crippen LogP contribution in [-0.2, 0) is 22.6 Å². The first-order valence-electron chi connectivity index (χ1n) is 8.25. The van der Waals surface area contributed by atoms with Gasteiger partial charge in [-0.2, -0.15) is 0 Å². The zero-order valence-electron chi connectivity index (χ0n) is 13.7. The summed E-state index contributed by atoms with van der Waals surface area (Å²) < 4.78 is 1.93. The van der Waals surface area contributed by atoms with Gasteiger partial charge in [0.25, 0.3) is 0 Å². The van der Waals surface area contributed by atoms with Crippen molar-refractivity contribution in [2.75, 3.05) is 5.32 Å². The smallest absolute Gasteiger partial charge is 0.227 e. The van der Waals surface area contributed by atoms with E-state index in [9.17, 15) is 9.59 Å². The molecule has 6 heteroatoms. The van der Waals surface area contributed by atoms with E-state index in [1.54, 1.807) is 12.5 Å². The number of rotatable bonds is 6. The number of aromatic nitrogens is 2. The van der Waals surface area contributed by atoms with E-state index >= 15 is 0 Å². The fourth-order valence-corrected chi connectivity index (χ4v) is 3.06. The Bertz CT molecular complexity index is 712. The van der Waals surface area contributed by atoms with Gasteiger partial charge < -0.3 is 15.2 Å². The van der Waals surface area contributed by atoms with Crippen molar-refractivity contribution in [1.82, 2.24) is 14.9 Å². The van der Waals surface area contributed by atoms with Crippen LogP contribution in [0.3, 0.4) is 0 Å². The van der Waals surface area contributed by atoms with Crippen LogP contribution in [0.15, 0.2) is 43.0 Å². The van der Waals surface area contributed by atoms with Crippen LogP contribution in [0.5, 0.6) is 0 Å². The van der Waals surface area contributed by atoms with Crippen molar-refractivity contribution in [2.24, 2.45) is 5.92 Å². The molecule has 0 radical (unpaired) electrons. The van der Waals surface area contributed by atoms with Gasteiger partial charge in [0.2, 0.25) is 11.8 Å². The summed E-state index contributed by atoms with van der Waals surface area (Å²) in [6.07, 6.45) is 6.92. The fourth-order valence-electron chi connectivity index (χ4n) is 3.06. The topological polar surface area (TPSA) is 76.0 Å². The maximum Gasteiger partial charge on any atom is 0.227 e. The zero-order valence-corrected chi connectivity index (χ0v) is 13.7. The highest BCUT2D eigenvalue weighted by molar-refractivity contribution is 5.96. The Morgan fingerprint density at radius 3 is 3.08 bits per heavy atom. The molecule has 2 heterocycles. The molecule has 0 bridgehead atoms. The molecule has 0 spiro atoms. The molecule has 1 aliphatic rings. The van der Waals surface area contributed by atoms with E-state index in [0.29, 0.717) is 25.8 Å². The molecule has 1 aromatic carbocycles. The third kappa shape index (κ3) is 4.01. The Morgan fingerprint density at radius 2 is 2.29 bits per heavy atom. The van der Waals surface area contributed by atoms with Crippen molar-refractivity contribution < 1.29 is 9.59 Å². The number of imidazole rings is 1. The number of hydrogen-bond acceptors (Lipinski definition) is 3. The lowest BCUT2D eigenvalue weighted by molar-refractivity contribution is -0.123. The first-order valence-corrected chi connectivity index (χ1v) is 8.25. The number of fused-ring (bicyclic) bond motifs is 1. The van der Waals surface area contributed by atoms with Gasteiger partial charge in [0.15, 0.2) is 0 Å². The number of nitrogens with one attached hydrogen (secondary N) is 2. The molecular weight excluding hydrogens is 304 g/mol. The molecule has 0 unspecified atom stereocenters. The number of anilines is 1. The fraction of sp³-hybridized carbons (Fsp3) is 0.389. The molecule has 2 N–H and O–H groups in total. The number of nitrogens with zero attached hydrogens (tertiary/aromatic N) is 2. The van der Waals surface area contributed by atoms with E-state index in [1.807, 2.05) is 42.0 Å². The lowest BCUT2D eigenvalue weighted by atomic mass is 9.89. The average Bonchev–Trinajstić information content (AvgIpc) is 3.05. The van der Waals surface area contributed by atoms with Crippen LogP contribution in [0.25, 0.3) is 0 Å². The average molecular weight is 326 g/mol. The van der Waals surface area contributed by atoms with Crippen LogP contribution in [0.4, 0.5) is 5.69 Å². The summed E-state index contributed by atoms with van der Waals surface area (Å²) in [6, 6.07) is 7.84. The van der Waals surface area contributed by atoms with Crippen molar-refractivity contribution in [3.8, 4) is 0 Å². The standard InChI is InChI=1S/C18H22N4O2/c1-13(11-22-9-8-19-12-22)20-17(23)7-6-15-10-14-4-2-3-5-16(14)21-18(15)24/h2-5,8-9,12-13,15H,6-7,10-11H2,1H3,(H,20,23)(H,21,24)/t13-,15-/m1/s1. The largest absolute Gasteiger partial charge is 0.352 e. The summed E-state index contributed by atoms with van der Waals surface area (Å²) in [7, 11) is 0. The highest BCUT2D eigenvalue weighted by Gasteiger charge is 2.26. The summed E-state index contributed by atoms with van der Waals surface area (Å²) in [5.74, 6) is -0.156. The third-order valence-corrected chi connectivity index (χ3v) is 4.28. The van der Waals surface area contributed by atoms with Crippen LogP contribution in [0.1, 0.15) is 25.3 Å². The molecule has 3 rings (SSSR count). The van der Waals surface area contributed by atoms with Gasteiger partial charge in [0.05, 0.1) is 6.33 Å². The normalized spacial score (nSPS) is 17.7. The van der Waals surface area contributed by atoms with Gasteiger partial charge in [0.1, 0.15) is 0 Å². The van der Waals surface area contributed by atoms with Gasteiger partial charge in [-0.25, -0.2) is 4.98 Å². The molecule has 6 nitrogen and oxygen atoms in total. The first-order chi connectivity index (χ1) is 11.6. The van der Waals surface area contributed by atoms with Crippen molar-refractivity contribution in [1.29, 1.82) is 0 Å². The monoisotopic (exact) mass is 326 g/mol. The minimum Gasteiger partial charge on any atom is -0.352 e. The summed E-state index contributed by atoms with van der Waals surface area (Å²) in [4.78, 5) is 28.2. The number of carbonyl (C=O) groups is 2. The zero-order chi connectivity index (χ0) is 16.9. The lowest BCUT2D eigenvalue weighted by Gasteiger charge is -2.24. The number of amides is 2. The molecule has 126 valence electrons. The van der Waals surface area contributed by atoms with Gasteiger partial charge in [-0.3, -0.25) is 9.59 Å². The van der Waals surface area contributed by atoms with Crippen LogP contribution in [0, 0.1) is 5.92 Å². The second-order valence-corrected chi connectivity index (χ2v) is 6.31. The number of hydrogen-bond donors (Lipinski definition) is 2. The molecule has 24 heavy (non-hydrogen) atoms. The Balaban J connectivity index is 1.47. The van der Waals surface area contributed by atoms with E-state index in [-0.39, 0.29) is 23.8 Å². The number of para-hydroxylation sites is 1. The van der Waals surface area contributed by atoms with Gasteiger partial charge in [-0.05, 0) is 31.4 Å². The Morgan fingerprint density at radius 1 is 1.46 bits per heavy atom. The van der Waals surface area contributed by atoms with Crippen LogP contribution in [0.2, 0.25) is 0 Å². The molecule has 1 aliphatic heterocycles. The molecule has 2 aromatic rings. The van der Waals surface area contributed by atoms with Gasteiger partial charge in [-0.1, -0.05) is 18.2 Å². The quantitative estimate of drug-likeness (QED) is 0.852. The van der Waals surface area contributed by atoms with E-state index in [0.717, 1.165) is 11.3 Å². The first kappa shape index (κ1) is 16.2. The highest BCUT2D eigenvalue weighted by Crippen LogP contribution is 2.27. The minimum atomic E-state index is -0.144. The number of carbonyl (C=O) groups excluding carboxylic acids is 2. The molecule has 0 aliphatic carbocycles. The van der Waals surface area contributed by atoms with Crippen molar-refractivity contribution >= 4 is 17.5 Å². The molecule has 0 saturated carbocycles. The SMILES string of the molecule is C[C@H](Cn1ccnc1)NC(=O)CC[C@@H]1Cc2ccccc2NC1=O. The van der Waals surface area contributed by atoms with Crippen molar-refractivity contribution in [3.05, 3.63) is 48.5 Å². The van der Waals surface area contributed by atoms with E-state index in [2.05, 4.69) is 15.6 Å². The molecule has 0 saturated heterocycles. The van der Waals surface area contributed by atoms with Crippen molar-refractivity contribution in [2.45, 2.75) is 38.8 Å². The van der Waals surface area contributed by atoms with Gasteiger partial charge in [-0.15, -0.1) is 0 Å². The predicted molar refractivity (Wildman–Crippen MR) is 91.3 cm³/mol. The molecule has 2 amide bonds. The second-order valence-electron chi connectivity index (χ2n) is 6.31. The number of benzene rings is 1. The summed E-state index contributed by atoms with van der Waals surface area (Å²) >= 11 is 0. The molecule has 2 atom stereocenters. The maximum absolute atomic E-state index is 12.2. The Kier molecular flexibility index (Phi) is 4.93. The van der Waals surface area contributed by atoms with E-state index in [1.165, 1.54) is 0 Å². The Labute approximate surface area is 141 Å². The lowest BCUT2D eigenvalue weighted by Crippen LogP contribution is -2.36. The molecule has 1 aromatic heterocycles. The van der Waals surface area contributed by atoms with E-state index < -0.39 is 0 Å². The summed E-state index contributed by atoms with van der Waals surface area (Å²) in [5, 5.41) is 5.90. The van der Waals surface area contributed by atoms with Gasteiger partial charge >= 0.3 is 0 Å². The van der Waals surface area contributed by atoms with Gasteiger partial charge in [0, 0.05) is 43.0 Å². The molecular formula is C18H22N4O2. The predicted octanol–water partition coefficient (Wildman–Crippen LogP) is 1.98. The van der Waals surface area contributed by atoms with E-state index in [4.69, 9.17) is 0 Å². The minimum absolute atomic E-state index is 0.00737. The maximum atomic E-state index is 12.2. The Hall–Kier alpha value is -2.63. The van der Waals surface area contributed by atoms with Crippen LogP contribution >= 0.6 is 0 Å². The second kappa shape index (κ2) is 7.29. The van der Waals surface area contributed by atoms with Crippen LogP contribution < -0.4 is 10.6 Å². The van der Waals surface area contributed by atoms with Crippen LogP contribution in [-0.4, -0.2) is 27.4 Å². The highest BCUT2D eigenvalue weighted by atomic mass is 16.2. The third-order valence-electron chi connectivity index (χ3n) is 4.28. The summed E-state index contributed by atoms with van der Waals surface area (Å²) in [6.45, 7) is 2.64. The van der Waals surface area contributed by atoms with Crippen molar-refractivity contribution in [3.63, 3.8) is 0 Å².